The van der Waals surface area contributed by atoms with E-state index in [0.29, 0.717) is 12.8 Å². The second kappa shape index (κ2) is 13.5. The van der Waals surface area contributed by atoms with Crippen molar-refractivity contribution in [2.24, 2.45) is 4.99 Å². The molecular formula is C19H31NO3S2. The molecule has 142 valence electrons. The Balaban J connectivity index is 2.70. The fraction of sp³-hybridized carbons (Fsp3) is 0.632. The second-order valence-electron chi connectivity index (χ2n) is 5.76. The lowest BCUT2D eigenvalue weighted by molar-refractivity contribution is 0.0768. The maximum atomic E-state index is 10.00. The highest BCUT2D eigenvalue weighted by Gasteiger charge is 2.29. The quantitative estimate of drug-likeness (QED) is 0.256. The molecule has 0 aromatic heterocycles. The molecule has 0 spiro atoms. The van der Waals surface area contributed by atoms with Crippen LogP contribution in [0.1, 0.15) is 39.0 Å². The van der Waals surface area contributed by atoms with E-state index in [-0.39, 0.29) is 17.3 Å². The minimum absolute atomic E-state index is 0.0408. The third-order valence-corrected chi connectivity index (χ3v) is 5.86. The van der Waals surface area contributed by atoms with Crippen LogP contribution in [0.3, 0.4) is 0 Å². The Morgan fingerprint density at radius 1 is 1.40 bits per heavy atom. The minimum Gasteiger partial charge on any atom is -0.484 e. The van der Waals surface area contributed by atoms with Gasteiger partial charge in [-0.15, -0.1) is 23.5 Å². The van der Waals surface area contributed by atoms with Gasteiger partial charge in [0.1, 0.15) is 5.44 Å². The van der Waals surface area contributed by atoms with E-state index in [0.717, 1.165) is 36.6 Å². The number of ether oxygens (including phenoxy) is 1. The zero-order valence-electron chi connectivity index (χ0n) is 15.3. The van der Waals surface area contributed by atoms with Crippen LogP contribution in [0.4, 0.5) is 0 Å². The smallest absolute Gasteiger partial charge is 0.146 e. The third-order valence-electron chi connectivity index (χ3n) is 3.74. The van der Waals surface area contributed by atoms with Gasteiger partial charge in [-0.3, -0.25) is 4.99 Å². The lowest BCUT2D eigenvalue weighted by Gasteiger charge is -2.32. The van der Waals surface area contributed by atoms with Crippen LogP contribution in [0, 0.1) is 0 Å². The van der Waals surface area contributed by atoms with Gasteiger partial charge in [-0.2, -0.15) is 0 Å². The van der Waals surface area contributed by atoms with E-state index >= 15 is 0 Å². The first-order valence-electron chi connectivity index (χ1n) is 8.77. The highest BCUT2D eigenvalue weighted by molar-refractivity contribution is 8.13. The zero-order valence-corrected chi connectivity index (χ0v) is 16.9. The molecule has 0 aromatic rings. The number of aliphatic imine (C=N–C) groups is 1. The maximum absolute atomic E-state index is 10.00. The number of aliphatic hydroxyl groups is 2. The molecule has 3 unspecified atom stereocenters. The average molecular weight is 386 g/mol. The van der Waals surface area contributed by atoms with Gasteiger partial charge in [0.2, 0.25) is 0 Å². The van der Waals surface area contributed by atoms with Crippen molar-refractivity contribution in [3.63, 3.8) is 0 Å². The first-order chi connectivity index (χ1) is 12.1. The van der Waals surface area contributed by atoms with Gasteiger partial charge in [0, 0.05) is 31.1 Å². The van der Waals surface area contributed by atoms with Crippen molar-refractivity contribution in [1.82, 2.24) is 0 Å². The summed E-state index contributed by atoms with van der Waals surface area (Å²) in [4.78, 5) is 4.50. The summed E-state index contributed by atoms with van der Waals surface area (Å²) in [7, 11) is 0. The van der Waals surface area contributed by atoms with E-state index in [9.17, 15) is 10.2 Å². The lowest BCUT2D eigenvalue weighted by Crippen LogP contribution is -2.31. The molecular weight excluding hydrogens is 354 g/mol. The summed E-state index contributed by atoms with van der Waals surface area (Å²) in [6.45, 7) is 6.58. The summed E-state index contributed by atoms with van der Waals surface area (Å²) in [5.74, 6) is 0.926. The van der Waals surface area contributed by atoms with E-state index in [4.69, 9.17) is 4.74 Å². The van der Waals surface area contributed by atoms with Crippen LogP contribution in [0.5, 0.6) is 0 Å². The molecule has 1 saturated heterocycles. The molecule has 2 N–H and O–H groups in total. The molecule has 25 heavy (non-hydrogen) atoms. The number of aliphatic hydroxyl groups excluding tert-OH is 2. The highest BCUT2D eigenvalue weighted by Crippen LogP contribution is 2.34. The van der Waals surface area contributed by atoms with Gasteiger partial charge in [-0.1, -0.05) is 24.8 Å². The number of rotatable bonds is 10. The third kappa shape index (κ3) is 9.54. The molecule has 0 radical (unpaired) electrons. The number of thioether (sulfide) groups is 2. The highest BCUT2D eigenvalue weighted by atomic mass is 32.2. The topological polar surface area (TPSA) is 62.0 Å². The van der Waals surface area contributed by atoms with Crippen molar-refractivity contribution < 1.29 is 14.9 Å². The Morgan fingerprint density at radius 2 is 2.20 bits per heavy atom. The molecule has 1 aliphatic rings. The van der Waals surface area contributed by atoms with Crippen LogP contribution in [-0.4, -0.2) is 51.5 Å². The van der Waals surface area contributed by atoms with E-state index in [1.165, 1.54) is 0 Å². The molecule has 1 fully saturated rings. The van der Waals surface area contributed by atoms with Gasteiger partial charge in [-0.25, -0.2) is 0 Å². The minimum atomic E-state index is -0.409. The van der Waals surface area contributed by atoms with E-state index < -0.39 is 6.10 Å². The fourth-order valence-corrected chi connectivity index (χ4v) is 4.47. The average Bonchev–Trinajstić information content (AvgIpc) is 2.61. The molecule has 0 amide bonds. The van der Waals surface area contributed by atoms with Gasteiger partial charge in [-0.05, 0) is 32.1 Å². The Labute approximate surface area is 160 Å². The predicted octanol–water partition coefficient (Wildman–Crippen LogP) is 4.16. The van der Waals surface area contributed by atoms with Crippen LogP contribution in [0.2, 0.25) is 0 Å². The Morgan fingerprint density at radius 3 is 2.84 bits per heavy atom. The molecule has 0 bridgehead atoms. The molecule has 4 nitrogen and oxygen atoms in total. The molecule has 1 aliphatic heterocycles. The number of hydrogen-bond acceptors (Lipinski definition) is 6. The molecule has 0 saturated carbocycles. The summed E-state index contributed by atoms with van der Waals surface area (Å²) in [5, 5.41) is 20.6. The van der Waals surface area contributed by atoms with Crippen LogP contribution >= 0.6 is 23.5 Å². The van der Waals surface area contributed by atoms with Gasteiger partial charge < -0.3 is 14.9 Å². The van der Waals surface area contributed by atoms with Crippen LogP contribution < -0.4 is 0 Å². The Bertz CT molecular complexity index is 477. The molecule has 1 heterocycles. The maximum Gasteiger partial charge on any atom is 0.146 e. The molecule has 0 aromatic carbocycles. The van der Waals surface area contributed by atoms with Crippen LogP contribution in [-0.2, 0) is 4.74 Å². The van der Waals surface area contributed by atoms with Crippen molar-refractivity contribution >= 4 is 28.6 Å². The van der Waals surface area contributed by atoms with E-state index in [2.05, 4.69) is 17.6 Å². The largest absolute Gasteiger partial charge is 0.484 e. The summed E-state index contributed by atoms with van der Waals surface area (Å²) in [6.07, 6.45) is 13.1. The van der Waals surface area contributed by atoms with E-state index in [1.54, 1.807) is 29.6 Å². The SMILES string of the molecule is C=C/C=C\C/C=C(\CCC(=NCC)SC)OC1CC(O)CC(CO)S1. The molecule has 6 heteroatoms. The van der Waals surface area contributed by atoms with Gasteiger partial charge in [0.05, 0.1) is 23.5 Å². The van der Waals surface area contributed by atoms with Crippen molar-refractivity contribution in [2.75, 3.05) is 19.4 Å². The zero-order chi connectivity index (χ0) is 18.5. The van der Waals surface area contributed by atoms with Gasteiger partial charge in [0.25, 0.3) is 0 Å². The lowest BCUT2D eigenvalue weighted by atomic mass is 10.1. The molecule has 1 rings (SSSR count). The standard InChI is InChI=1S/C19H31NO3S2/c1-4-6-7-8-9-16(10-11-18(24-3)20-5-2)23-19-13-15(22)12-17(14-21)25-19/h4,6-7,9,15,17,19,21-22H,1,5,8,10-14H2,2-3H3/b7-6-,16-9+,20-18?. The second-order valence-corrected chi connectivity index (χ2v) is 8.10. The van der Waals surface area contributed by atoms with E-state index in [1.807, 2.05) is 25.3 Å². The number of hydrogen-bond donors (Lipinski definition) is 2. The van der Waals surface area contributed by atoms with Crippen molar-refractivity contribution in [1.29, 1.82) is 0 Å². The van der Waals surface area contributed by atoms with Crippen LogP contribution in [0.15, 0.2) is 41.6 Å². The Hall–Kier alpha value is -0.690. The van der Waals surface area contributed by atoms with Crippen molar-refractivity contribution in [3.05, 3.63) is 36.6 Å². The van der Waals surface area contributed by atoms with Gasteiger partial charge in [0.15, 0.2) is 0 Å². The van der Waals surface area contributed by atoms with Gasteiger partial charge >= 0.3 is 0 Å². The van der Waals surface area contributed by atoms with Crippen molar-refractivity contribution in [2.45, 2.75) is 55.8 Å². The summed E-state index contributed by atoms with van der Waals surface area (Å²) >= 11 is 3.30. The predicted molar refractivity (Wildman–Crippen MR) is 111 cm³/mol. The summed E-state index contributed by atoms with van der Waals surface area (Å²) in [6, 6.07) is 0. The monoisotopic (exact) mass is 385 g/mol. The fourth-order valence-electron chi connectivity index (χ4n) is 2.55. The molecule has 0 aliphatic carbocycles. The first-order valence-corrected chi connectivity index (χ1v) is 10.9. The molecule has 3 atom stereocenters. The summed E-state index contributed by atoms with van der Waals surface area (Å²) < 4.78 is 6.18. The van der Waals surface area contributed by atoms with Crippen LogP contribution in [0.25, 0.3) is 0 Å². The first kappa shape index (κ1) is 22.4. The normalized spacial score (nSPS) is 25.4. The summed E-state index contributed by atoms with van der Waals surface area (Å²) in [5.41, 5.74) is -0.114. The number of nitrogens with zero attached hydrogens (tertiary/aromatic N) is 1. The number of allylic oxidation sites excluding steroid dienone is 5. The van der Waals surface area contributed by atoms with Crippen molar-refractivity contribution in [3.8, 4) is 0 Å². The Kier molecular flexibility index (Phi) is 12.1.